The first-order valence-electron chi connectivity index (χ1n) is 7.57. The maximum Gasteiger partial charge on any atom is 0.186 e. The Balaban J connectivity index is 1.75. The third-order valence-corrected chi connectivity index (χ3v) is 3.62. The Bertz CT molecular complexity index is 884. The Morgan fingerprint density at radius 1 is 1.08 bits per heavy atom. The van der Waals surface area contributed by atoms with Crippen LogP contribution in [0.5, 0.6) is 0 Å². The van der Waals surface area contributed by atoms with E-state index in [1.54, 1.807) is 6.20 Å². The predicted molar refractivity (Wildman–Crippen MR) is 103 cm³/mol. The van der Waals surface area contributed by atoms with E-state index < -0.39 is 0 Å². The van der Waals surface area contributed by atoms with Gasteiger partial charge >= 0.3 is 0 Å². The van der Waals surface area contributed by atoms with E-state index in [1.807, 2.05) is 48.5 Å². The number of aliphatic imine (C=N–C) groups is 1. The van der Waals surface area contributed by atoms with E-state index in [1.165, 1.54) is 0 Å². The summed E-state index contributed by atoms with van der Waals surface area (Å²) in [5.74, 6) is 0.805. The Morgan fingerprint density at radius 3 is 2.60 bits per heavy atom. The molecule has 0 aliphatic carbocycles. The highest BCUT2D eigenvalue weighted by Gasteiger charge is 2.06. The molecule has 0 aliphatic heterocycles. The van der Waals surface area contributed by atoms with Gasteiger partial charge in [0.1, 0.15) is 11.5 Å². The fourth-order valence-corrected chi connectivity index (χ4v) is 2.46. The Hall–Kier alpha value is -3.19. The fraction of sp³-hybridized carbons (Fsp3) is 0.0588. The number of hydrogen-bond donors (Lipinski definition) is 5. The van der Waals surface area contributed by atoms with Crippen molar-refractivity contribution in [1.29, 1.82) is 0 Å². The number of H-pyrrole nitrogens is 1. The summed E-state index contributed by atoms with van der Waals surface area (Å²) in [6, 6.07) is 15.3. The number of guanidine groups is 1. The van der Waals surface area contributed by atoms with Crippen molar-refractivity contribution in [1.82, 2.24) is 10.2 Å². The summed E-state index contributed by atoms with van der Waals surface area (Å²) in [7, 11) is 0. The molecule has 7 nitrogen and oxygen atoms in total. The first kappa shape index (κ1) is 16.7. The summed E-state index contributed by atoms with van der Waals surface area (Å²) in [6.07, 6.45) is 1.70. The number of nitrogens with two attached hydrogens (primary N) is 2. The summed E-state index contributed by atoms with van der Waals surface area (Å²) >= 11 is 6.02. The molecule has 0 saturated carbocycles. The highest BCUT2D eigenvalue weighted by Crippen LogP contribution is 2.27. The molecule has 25 heavy (non-hydrogen) atoms. The van der Waals surface area contributed by atoms with E-state index in [4.69, 9.17) is 23.1 Å². The molecular weight excluding hydrogens is 338 g/mol. The molecule has 0 fully saturated rings. The minimum absolute atomic E-state index is 0.0694. The summed E-state index contributed by atoms with van der Waals surface area (Å²) in [4.78, 5) is 4.01. The van der Waals surface area contributed by atoms with Crippen LogP contribution in [-0.4, -0.2) is 16.2 Å². The fourth-order valence-electron chi connectivity index (χ4n) is 2.27. The van der Waals surface area contributed by atoms with Crippen LogP contribution in [0.25, 0.3) is 0 Å². The molecule has 3 rings (SSSR count). The quantitative estimate of drug-likeness (QED) is 0.343. The second-order valence-corrected chi connectivity index (χ2v) is 5.80. The molecule has 0 aliphatic rings. The van der Waals surface area contributed by atoms with Gasteiger partial charge < -0.3 is 22.1 Å². The zero-order valence-electron chi connectivity index (χ0n) is 13.3. The molecule has 0 spiro atoms. The minimum Gasteiger partial charge on any atom is -0.370 e. The van der Waals surface area contributed by atoms with Gasteiger partial charge in [-0.2, -0.15) is 5.10 Å². The summed E-state index contributed by atoms with van der Waals surface area (Å²) in [5.41, 5.74) is 14.3. The molecule has 0 unspecified atom stereocenters. The van der Waals surface area contributed by atoms with Crippen LogP contribution in [0.1, 0.15) is 5.56 Å². The maximum atomic E-state index is 6.02. The molecule has 7 N–H and O–H groups in total. The van der Waals surface area contributed by atoms with Gasteiger partial charge in [-0.1, -0.05) is 29.8 Å². The molecule has 0 radical (unpaired) electrons. The van der Waals surface area contributed by atoms with Gasteiger partial charge in [0.25, 0.3) is 0 Å². The largest absolute Gasteiger partial charge is 0.370 e. The lowest BCUT2D eigenvalue weighted by molar-refractivity contribution is 1.05. The van der Waals surface area contributed by atoms with Crippen molar-refractivity contribution in [2.75, 3.05) is 10.6 Å². The van der Waals surface area contributed by atoms with Crippen molar-refractivity contribution in [3.8, 4) is 0 Å². The van der Waals surface area contributed by atoms with Gasteiger partial charge in [0, 0.05) is 16.4 Å². The predicted octanol–water partition coefficient (Wildman–Crippen LogP) is 3.32. The maximum absolute atomic E-state index is 6.02. The van der Waals surface area contributed by atoms with Crippen LogP contribution in [0.3, 0.4) is 0 Å². The molecular formula is C17H18ClN7. The van der Waals surface area contributed by atoms with Crippen LogP contribution in [0, 0.1) is 0 Å². The zero-order chi connectivity index (χ0) is 17.6. The Morgan fingerprint density at radius 2 is 1.84 bits per heavy atom. The van der Waals surface area contributed by atoms with Crippen LogP contribution in [-0.2, 0) is 6.54 Å². The van der Waals surface area contributed by atoms with Crippen LogP contribution in [0.4, 0.5) is 22.9 Å². The van der Waals surface area contributed by atoms with Gasteiger partial charge in [-0.25, -0.2) is 4.99 Å². The molecule has 0 atom stereocenters. The van der Waals surface area contributed by atoms with Gasteiger partial charge in [-0.05, 0) is 35.9 Å². The molecule has 1 heterocycles. The summed E-state index contributed by atoms with van der Waals surface area (Å²) in [5, 5.41) is 14.2. The minimum atomic E-state index is 0.0694. The molecule has 1 aromatic heterocycles. The van der Waals surface area contributed by atoms with E-state index in [0.29, 0.717) is 11.6 Å². The number of nitrogens with one attached hydrogen (secondary N) is 3. The van der Waals surface area contributed by atoms with Crippen molar-refractivity contribution in [3.63, 3.8) is 0 Å². The number of rotatable bonds is 6. The number of halogens is 1. The van der Waals surface area contributed by atoms with Crippen molar-refractivity contribution < 1.29 is 0 Å². The lowest BCUT2D eigenvalue weighted by Gasteiger charge is -2.10. The van der Waals surface area contributed by atoms with Gasteiger partial charge in [0.2, 0.25) is 0 Å². The molecule has 2 aromatic carbocycles. The third kappa shape index (κ3) is 4.65. The van der Waals surface area contributed by atoms with Crippen molar-refractivity contribution in [2.45, 2.75) is 6.54 Å². The summed E-state index contributed by atoms with van der Waals surface area (Å²) in [6.45, 7) is 0.425. The molecule has 3 aromatic rings. The van der Waals surface area contributed by atoms with Crippen LogP contribution < -0.4 is 22.1 Å². The number of nitrogens with zero attached hydrogens (tertiary/aromatic N) is 2. The van der Waals surface area contributed by atoms with Crippen molar-refractivity contribution >= 4 is 40.4 Å². The second kappa shape index (κ2) is 7.59. The SMILES string of the molecule is NC(N)=NCc1cccc(Nc2[nH]ncc2Nc2cccc(Cl)c2)c1. The van der Waals surface area contributed by atoms with E-state index in [9.17, 15) is 0 Å². The van der Waals surface area contributed by atoms with Gasteiger partial charge in [0.05, 0.1) is 12.7 Å². The van der Waals surface area contributed by atoms with Crippen LogP contribution in [0.2, 0.25) is 5.02 Å². The first-order valence-corrected chi connectivity index (χ1v) is 7.95. The van der Waals surface area contributed by atoms with Crippen LogP contribution >= 0.6 is 11.6 Å². The molecule has 0 saturated heterocycles. The lowest BCUT2D eigenvalue weighted by atomic mass is 10.2. The topological polar surface area (TPSA) is 117 Å². The van der Waals surface area contributed by atoms with E-state index >= 15 is 0 Å². The number of anilines is 4. The first-order chi connectivity index (χ1) is 12.1. The molecule has 8 heteroatoms. The number of benzene rings is 2. The third-order valence-electron chi connectivity index (χ3n) is 3.38. The Labute approximate surface area is 150 Å². The van der Waals surface area contributed by atoms with Crippen molar-refractivity contribution in [2.24, 2.45) is 16.5 Å². The molecule has 0 bridgehead atoms. The Kier molecular flexibility index (Phi) is 5.06. The van der Waals surface area contributed by atoms with E-state index in [-0.39, 0.29) is 5.96 Å². The number of hydrogen-bond acceptors (Lipinski definition) is 4. The van der Waals surface area contributed by atoms with E-state index in [2.05, 4.69) is 25.8 Å². The number of aromatic nitrogens is 2. The average Bonchev–Trinajstić information content (AvgIpc) is 3.00. The summed E-state index contributed by atoms with van der Waals surface area (Å²) < 4.78 is 0. The van der Waals surface area contributed by atoms with Gasteiger partial charge in [0.15, 0.2) is 5.96 Å². The molecule has 0 amide bonds. The lowest BCUT2D eigenvalue weighted by Crippen LogP contribution is -2.22. The zero-order valence-corrected chi connectivity index (χ0v) is 14.1. The average molecular weight is 356 g/mol. The monoisotopic (exact) mass is 355 g/mol. The standard InChI is InChI=1S/C17H18ClN7/c18-12-4-2-6-14(8-12)23-15-10-22-25-16(15)24-13-5-1-3-11(7-13)9-21-17(19)20/h1-8,10,23H,9H2,(H4,19,20,21)(H2,22,24,25). The highest BCUT2D eigenvalue weighted by atomic mass is 35.5. The second-order valence-electron chi connectivity index (χ2n) is 5.36. The van der Waals surface area contributed by atoms with Crippen molar-refractivity contribution in [3.05, 3.63) is 65.3 Å². The number of aromatic amines is 1. The van der Waals surface area contributed by atoms with E-state index in [0.717, 1.165) is 28.4 Å². The molecule has 128 valence electrons. The van der Waals surface area contributed by atoms with Crippen LogP contribution in [0.15, 0.2) is 59.7 Å². The normalized spacial score (nSPS) is 10.3. The highest BCUT2D eigenvalue weighted by molar-refractivity contribution is 6.30. The van der Waals surface area contributed by atoms with Gasteiger partial charge in [-0.3, -0.25) is 5.10 Å². The van der Waals surface area contributed by atoms with Gasteiger partial charge in [-0.15, -0.1) is 0 Å². The smallest absolute Gasteiger partial charge is 0.186 e.